The number of halogens is 3. The van der Waals surface area contributed by atoms with Gasteiger partial charge in [-0.3, -0.25) is 9.48 Å². The van der Waals surface area contributed by atoms with Crippen LogP contribution in [0.2, 0.25) is 0 Å². The van der Waals surface area contributed by atoms with Gasteiger partial charge in [0.15, 0.2) is 5.69 Å². The summed E-state index contributed by atoms with van der Waals surface area (Å²) in [5, 5.41) is 6.34. The predicted molar refractivity (Wildman–Crippen MR) is 78.9 cm³/mol. The number of anilines is 1. The molecule has 0 radical (unpaired) electrons. The number of nitrogens with zero attached hydrogens (tertiary/aromatic N) is 2. The normalized spacial score (nSPS) is 14.7. The molecular formula is C16H16F3N3O. The summed E-state index contributed by atoms with van der Waals surface area (Å²) in [6.45, 7) is 0.139. The van der Waals surface area contributed by atoms with E-state index in [0.717, 1.165) is 18.9 Å². The van der Waals surface area contributed by atoms with Crippen molar-refractivity contribution in [1.82, 2.24) is 9.78 Å². The van der Waals surface area contributed by atoms with Crippen molar-refractivity contribution in [2.75, 3.05) is 5.32 Å². The molecule has 0 atom stereocenters. The summed E-state index contributed by atoms with van der Waals surface area (Å²) in [5.74, 6) is -0.113. The Morgan fingerprint density at radius 1 is 1.26 bits per heavy atom. The van der Waals surface area contributed by atoms with Gasteiger partial charge in [-0.05, 0) is 31.0 Å². The van der Waals surface area contributed by atoms with Gasteiger partial charge in [0.2, 0.25) is 5.91 Å². The first kappa shape index (κ1) is 15.6. The minimum absolute atomic E-state index is 0.0770. The quantitative estimate of drug-likeness (QED) is 0.909. The van der Waals surface area contributed by atoms with Gasteiger partial charge in [0.25, 0.3) is 0 Å². The van der Waals surface area contributed by atoms with E-state index in [1.165, 1.54) is 4.68 Å². The average Bonchev–Trinajstić information content (AvgIpc) is 3.24. The molecule has 1 N–H and O–H groups in total. The second kappa shape index (κ2) is 6.06. The van der Waals surface area contributed by atoms with Gasteiger partial charge in [-0.15, -0.1) is 0 Å². The zero-order valence-electron chi connectivity index (χ0n) is 12.3. The summed E-state index contributed by atoms with van der Waals surface area (Å²) in [6.07, 6.45) is -2.63. The fourth-order valence-electron chi connectivity index (χ4n) is 2.41. The number of hydrogen-bond acceptors (Lipinski definition) is 2. The molecule has 0 spiro atoms. The molecule has 1 aromatic carbocycles. The van der Waals surface area contributed by atoms with Crippen LogP contribution in [0.15, 0.2) is 36.4 Å². The van der Waals surface area contributed by atoms with E-state index in [9.17, 15) is 18.0 Å². The van der Waals surface area contributed by atoms with Crippen molar-refractivity contribution in [2.45, 2.75) is 37.9 Å². The number of nitrogens with one attached hydrogen (secondary N) is 1. The van der Waals surface area contributed by atoms with Crippen LogP contribution in [0.25, 0.3) is 0 Å². The van der Waals surface area contributed by atoms with E-state index in [-0.39, 0.29) is 24.8 Å². The molecule has 1 aliphatic carbocycles. The topological polar surface area (TPSA) is 46.9 Å². The van der Waals surface area contributed by atoms with Crippen molar-refractivity contribution in [2.24, 2.45) is 0 Å². The second-order valence-corrected chi connectivity index (χ2v) is 5.61. The monoisotopic (exact) mass is 323 g/mol. The maximum absolute atomic E-state index is 12.8. The lowest BCUT2D eigenvalue weighted by Gasteiger charge is -2.08. The Morgan fingerprint density at radius 3 is 2.57 bits per heavy atom. The summed E-state index contributed by atoms with van der Waals surface area (Å²) in [5.41, 5.74) is 0.351. The van der Waals surface area contributed by atoms with E-state index in [1.54, 1.807) is 24.3 Å². The van der Waals surface area contributed by atoms with Crippen LogP contribution < -0.4 is 5.32 Å². The van der Waals surface area contributed by atoms with Crippen LogP contribution in [0, 0.1) is 0 Å². The van der Waals surface area contributed by atoms with E-state index in [1.807, 2.05) is 6.07 Å². The lowest BCUT2D eigenvalue weighted by atomic mass is 10.2. The van der Waals surface area contributed by atoms with E-state index >= 15 is 0 Å². The third-order valence-electron chi connectivity index (χ3n) is 3.71. The van der Waals surface area contributed by atoms with E-state index < -0.39 is 11.9 Å². The van der Waals surface area contributed by atoms with Crippen molar-refractivity contribution >= 4 is 11.6 Å². The SMILES string of the molecule is O=C(CCn1nc(C(F)(F)F)cc1C1CC1)Nc1ccccc1. The predicted octanol–water partition coefficient (Wildman–Crippen LogP) is 3.81. The van der Waals surface area contributed by atoms with Crippen LogP contribution in [0.5, 0.6) is 0 Å². The number of aryl methyl sites for hydroxylation is 1. The number of alkyl halides is 3. The molecule has 122 valence electrons. The molecule has 1 saturated carbocycles. The standard InChI is InChI=1S/C16H16F3N3O/c17-16(18,19)14-10-13(11-6-7-11)22(21-14)9-8-15(23)20-12-4-2-1-3-5-12/h1-5,10-11H,6-9H2,(H,20,23). The molecular weight excluding hydrogens is 307 g/mol. The van der Waals surface area contributed by atoms with Gasteiger partial charge in [0, 0.05) is 30.3 Å². The zero-order valence-corrected chi connectivity index (χ0v) is 12.3. The van der Waals surface area contributed by atoms with Gasteiger partial charge in [-0.25, -0.2) is 0 Å². The van der Waals surface area contributed by atoms with Gasteiger partial charge in [-0.2, -0.15) is 18.3 Å². The van der Waals surface area contributed by atoms with Gasteiger partial charge in [-0.1, -0.05) is 18.2 Å². The van der Waals surface area contributed by atoms with Crippen LogP contribution in [0.1, 0.15) is 36.6 Å². The van der Waals surface area contributed by atoms with Crippen molar-refractivity contribution in [3.63, 3.8) is 0 Å². The van der Waals surface area contributed by atoms with E-state index in [0.29, 0.717) is 11.4 Å². The van der Waals surface area contributed by atoms with Crippen molar-refractivity contribution in [1.29, 1.82) is 0 Å². The van der Waals surface area contributed by atoms with Crippen LogP contribution in [-0.2, 0) is 17.5 Å². The molecule has 3 rings (SSSR count). The van der Waals surface area contributed by atoms with Crippen molar-refractivity contribution in [3.05, 3.63) is 47.8 Å². The fourth-order valence-corrected chi connectivity index (χ4v) is 2.41. The molecule has 7 heteroatoms. The third-order valence-corrected chi connectivity index (χ3v) is 3.71. The largest absolute Gasteiger partial charge is 0.435 e. The maximum Gasteiger partial charge on any atom is 0.435 e. The number of rotatable bonds is 5. The van der Waals surface area contributed by atoms with Crippen LogP contribution >= 0.6 is 0 Å². The summed E-state index contributed by atoms with van der Waals surface area (Å²) in [4.78, 5) is 11.9. The number of carbonyl (C=O) groups excluding carboxylic acids is 1. The number of aromatic nitrogens is 2. The number of amides is 1. The lowest BCUT2D eigenvalue weighted by molar-refractivity contribution is -0.141. The number of para-hydroxylation sites is 1. The van der Waals surface area contributed by atoms with Crippen LogP contribution in [-0.4, -0.2) is 15.7 Å². The second-order valence-electron chi connectivity index (χ2n) is 5.61. The first-order chi connectivity index (χ1) is 10.9. The highest BCUT2D eigenvalue weighted by atomic mass is 19.4. The minimum atomic E-state index is -4.46. The van der Waals surface area contributed by atoms with Gasteiger partial charge >= 0.3 is 6.18 Å². The molecule has 2 aromatic rings. The summed E-state index contributed by atoms with van der Waals surface area (Å²) >= 11 is 0. The van der Waals surface area contributed by atoms with Gasteiger partial charge in [0.05, 0.1) is 0 Å². The Morgan fingerprint density at radius 2 is 1.96 bits per heavy atom. The molecule has 0 bridgehead atoms. The Kier molecular flexibility index (Phi) is 4.11. The molecule has 1 amide bonds. The smallest absolute Gasteiger partial charge is 0.326 e. The molecule has 1 heterocycles. The number of hydrogen-bond donors (Lipinski definition) is 1. The zero-order chi connectivity index (χ0) is 16.4. The Balaban J connectivity index is 1.65. The van der Waals surface area contributed by atoms with Gasteiger partial charge < -0.3 is 5.32 Å². The van der Waals surface area contributed by atoms with Crippen LogP contribution in [0.4, 0.5) is 18.9 Å². The fraction of sp³-hybridized carbons (Fsp3) is 0.375. The number of benzene rings is 1. The third kappa shape index (κ3) is 3.91. The highest BCUT2D eigenvalue weighted by Gasteiger charge is 2.37. The van der Waals surface area contributed by atoms with Crippen molar-refractivity contribution in [3.8, 4) is 0 Å². The molecule has 1 aromatic heterocycles. The van der Waals surface area contributed by atoms with E-state index in [2.05, 4.69) is 10.4 Å². The van der Waals surface area contributed by atoms with Gasteiger partial charge in [0.1, 0.15) is 0 Å². The molecule has 0 unspecified atom stereocenters. The Hall–Kier alpha value is -2.31. The maximum atomic E-state index is 12.8. The first-order valence-electron chi connectivity index (χ1n) is 7.43. The molecule has 0 saturated heterocycles. The lowest BCUT2D eigenvalue weighted by Crippen LogP contribution is -2.16. The minimum Gasteiger partial charge on any atom is -0.326 e. The molecule has 1 fully saturated rings. The van der Waals surface area contributed by atoms with E-state index in [4.69, 9.17) is 0 Å². The molecule has 4 nitrogen and oxygen atoms in total. The highest BCUT2D eigenvalue weighted by Crippen LogP contribution is 2.42. The Labute approximate surface area is 131 Å². The highest BCUT2D eigenvalue weighted by molar-refractivity contribution is 5.90. The summed E-state index contributed by atoms with van der Waals surface area (Å²) in [6, 6.07) is 10.0. The number of carbonyl (C=O) groups is 1. The summed E-state index contributed by atoms with van der Waals surface area (Å²) < 4.78 is 39.7. The molecule has 0 aliphatic heterocycles. The first-order valence-corrected chi connectivity index (χ1v) is 7.43. The molecule has 1 aliphatic rings. The summed E-state index contributed by atoms with van der Waals surface area (Å²) in [7, 11) is 0. The average molecular weight is 323 g/mol. The van der Waals surface area contributed by atoms with Crippen molar-refractivity contribution < 1.29 is 18.0 Å². The molecule has 23 heavy (non-hydrogen) atoms. The Bertz CT molecular complexity index is 690. The van der Waals surface area contributed by atoms with Crippen LogP contribution in [0.3, 0.4) is 0 Å².